The van der Waals surface area contributed by atoms with Gasteiger partial charge in [-0.05, 0) is 49.9 Å². The zero-order chi connectivity index (χ0) is 20.5. The minimum Gasteiger partial charge on any atom is -0.485 e. The number of ether oxygens (including phenoxy) is 1. The van der Waals surface area contributed by atoms with Crippen LogP contribution in [0.1, 0.15) is 35.0 Å². The number of halogens is 1. The molecule has 6 nitrogen and oxygen atoms in total. The zero-order valence-corrected chi connectivity index (χ0v) is 18.4. The average Bonchev–Trinajstić information content (AvgIpc) is 3.01. The van der Waals surface area contributed by atoms with E-state index in [0.717, 1.165) is 23.5 Å². The molecule has 4 aromatic rings. The maximum atomic E-state index is 12.3. The summed E-state index contributed by atoms with van der Waals surface area (Å²) in [6, 6.07) is 11.3. The van der Waals surface area contributed by atoms with Crippen molar-refractivity contribution in [2.45, 2.75) is 40.7 Å². The second-order valence-corrected chi connectivity index (χ2v) is 7.17. The Labute approximate surface area is 181 Å². The van der Waals surface area contributed by atoms with Crippen molar-refractivity contribution in [1.82, 2.24) is 19.2 Å². The summed E-state index contributed by atoms with van der Waals surface area (Å²) in [7, 11) is 0. The van der Waals surface area contributed by atoms with Crippen molar-refractivity contribution in [1.29, 1.82) is 0 Å². The lowest BCUT2D eigenvalue weighted by molar-refractivity contribution is 0.306. The minimum absolute atomic E-state index is 0. The van der Waals surface area contributed by atoms with Crippen LogP contribution < -0.4 is 10.3 Å². The molecular formula is C23H25ClN4O2. The van der Waals surface area contributed by atoms with E-state index in [0.29, 0.717) is 18.0 Å². The molecule has 7 heteroatoms. The summed E-state index contributed by atoms with van der Waals surface area (Å²) in [5, 5.41) is 4.21. The number of benzene rings is 1. The summed E-state index contributed by atoms with van der Waals surface area (Å²) in [4.78, 5) is 17.0. The fraction of sp³-hybridized carbons (Fsp3) is 0.261. The lowest BCUT2D eigenvalue weighted by Crippen LogP contribution is -2.19. The molecule has 0 spiro atoms. The number of hydrogen-bond donors (Lipinski definition) is 0. The third kappa shape index (κ3) is 3.83. The molecule has 1 aromatic carbocycles. The summed E-state index contributed by atoms with van der Waals surface area (Å²) in [6.45, 7) is 8.65. The van der Waals surface area contributed by atoms with Crippen molar-refractivity contribution in [2.24, 2.45) is 0 Å². The fourth-order valence-corrected chi connectivity index (χ4v) is 3.55. The summed E-state index contributed by atoms with van der Waals surface area (Å²) in [5.41, 5.74) is 6.76. The van der Waals surface area contributed by atoms with E-state index < -0.39 is 0 Å². The third-order valence-electron chi connectivity index (χ3n) is 5.37. The van der Waals surface area contributed by atoms with Gasteiger partial charge in [-0.25, -0.2) is 4.98 Å². The van der Waals surface area contributed by atoms with Gasteiger partial charge in [-0.3, -0.25) is 9.20 Å². The lowest BCUT2D eigenvalue weighted by Gasteiger charge is -2.15. The molecule has 0 N–H and O–H groups in total. The van der Waals surface area contributed by atoms with Crippen molar-refractivity contribution >= 4 is 18.1 Å². The molecule has 3 aromatic heterocycles. The highest BCUT2D eigenvalue weighted by atomic mass is 35.5. The molecule has 0 amide bonds. The number of hydrogen-bond acceptors (Lipinski definition) is 4. The predicted molar refractivity (Wildman–Crippen MR) is 120 cm³/mol. The predicted octanol–water partition coefficient (Wildman–Crippen LogP) is 4.37. The SMILES string of the molecule is CCc1cccc(C)c1COc1cc(-n2ncccc2=O)cn2c(C)c(C)nc12.Cl. The second kappa shape index (κ2) is 8.71. The van der Waals surface area contributed by atoms with E-state index in [1.165, 1.54) is 27.4 Å². The summed E-state index contributed by atoms with van der Waals surface area (Å²) in [5.74, 6) is 0.626. The van der Waals surface area contributed by atoms with E-state index in [-0.39, 0.29) is 18.0 Å². The zero-order valence-electron chi connectivity index (χ0n) is 17.5. The van der Waals surface area contributed by atoms with E-state index in [2.05, 4.69) is 42.1 Å². The Kier molecular flexibility index (Phi) is 6.27. The Morgan fingerprint density at radius 3 is 2.63 bits per heavy atom. The smallest absolute Gasteiger partial charge is 0.271 e. The largest absolute Gasteiger partial charge is 0.485 e. The molecule has 4 rings (SSSR count). The molecule has 0 atom stereocenters. The normalized spacial score (nSPS) is 10.8. The molecule has 0 aliphatic rings. The van der Waals surface area contributed by atoms with Crippen molar-refractivity contribution in [3.8, 4) is 11.4 Å². The van der Waals surface area contributed by atoms with Crippen LogP contribution in [0, 0.1) is 20.8 Å². The van der Waals surface area contributed by atoms with Crippen LogP contribution in [-0.4, -0.2) is 19.2 Å². The highest BCUT2D eigenvalue weighted by Crippen LogP contribution is 2.27. The van der Waals surface area contributed by atoms with E-state index in [1.807, 2.05) is 30.5 Å². The molecule has 0 saturated heterocycles. The van der Waals surface area contributed by atoms with Crippen molar-refractivity contribution in [3.63, 3.8) is 0 Å². The Balaban J connectivity index is 0.00000256. The topological polar surface area (TPSA) is 61.4 Å². The lowest BCUT2D eigenvalue weighted by atomic mass is 10.0. The van der Waals surface area contributed by atoms with Crippen LogP contribution in [0.4, 0.5) is 0 Å². The van der Waals surface area contributed by atoms with Crippen molar-refractivity contribution in [2.75, 3.05) is 0 Å². The first-order valence-electron chi connectivity index (χ1n) is 9.73. The van der Waals surface area contributed by atoms with E-state index in [9.17, 15) is 4.79 Å². The average molecular weight is 425 g/mol. The summed E-state index contributed by atoms with van der Waals surface area (Å²) >= 11 is 0. The standard InChI is InChI=1S/C23H24N4O2.ClH/c1-5-18-9-6-8-15(2)20(18)14-29-21-12-19(27-22(28)10-7-11-24-27)13-26-17(4)16(3)25-23(21)26;/h6-13H,5,14H2,1-4H3;1H. The molecule has 156 valence electrons. The van der Waals surface area contributed by atoms with Crippen LogP contribution in [0.15, 0.2) is 53.6 Å². The minimum atomic E-state index is -0.195. The van der Waals surface area contributed by atoms with Crippen LogP contribution in [-0.2, 0) is 13.0 Å². The van der Waals surface area contributed by atoms with Gasteiger partial charge in [-0.2, -0.15) is 9.78 Å². The van der Waals surface area contributed by atoms with Crippen LogP contribution >= 0.6 is 12.4 Å². The highest BCUT2D eigenvalue weighted by molar-refractivity contribution is 5.85. The van der Waals surface area contributed by atoms with E-state index in [4.69, 9.17) is 4.74 Å². The third-order valence-corrected chi connectivity index (χ3v) is 5.37. The number of nitrogens with zero attached hydrogens (tertiary/aromatic N) is 4. The van der Waals surface area contributed by atoms with Gasteiger partial charge >= 0.3 is 0 Å². The van der Waals surface area contributed by atoms with Gasteiger partial charge in [0.15, 0.2) is 11.4 Å². The number of imidazole rings is 1. The Hall–Kier alpha value is -3.12. The van der Waals surface area contributed by atoms with E-state index >= 15 is 0 Å². The van der Waals surface area contributed by atoms with E-state index in [1.54, 1.807) is 12.3 Å². The molecule has 0 radical (unpaired) electrons. The van der Waals surface area contributed by atoms with Crippen molar-refractivity contribution < 1.29 is 4.74 Å². The van der Waals surface area contributed by atoms with Gasteiger partial charge in [0.2, 0.25) is 0 Å². The Bertz CT molecular complexity index is 1260. The molecule has 3 heterocycles. The van der Waals surface area contributed by atoms with Gasteiger partial charge in [0.1, 0.15) is 6.61 Å². The molecule has 0 aliphatic carbocycles. The number of rotatable bonds is 5. The van der Waals surface area contributed by atoms with Gasteiger partial charge in [0.25, 0.3) is 5.56 Å². The number of pyridine rings is 1. The monoisotopic (exact) mass is 424 g/mol. The van der Waals surface area contributed by atoms with Gasteiger partial charge in [0, 0.05) is 30.2 Å². The molecule has 30 heavy (non-hydrogen) atoms. The number of aromatic nitrogens is 4. The summed E-state index contributed by atoms with van der Waals surface area (Å²) < 4.78 is 9.60. The van der Waals surface area contributed by atoms with Crippen LogP contribution in [0.2, 0.25) is 0 Å². The number of aryl methyl sites for hydroxylation is 4. The second-order valence-electron chi connectivity index (χ2n) is 7.17. The van der Waals surface area contributed by atoms with Crippen LogP contribution in [0.5, 0.6) is 5.75 Å². The molecule has 0 fully saturated rings. The first-order valence-corrected chi connectivity index (χ1v) is 9.73. The first-order chi connectivity index (χ1) is 14.0. The summed E-state index contributed by atoms with van der Waals surface area (Å²) in [6.07, 6.45) is 4.41. The fourth-order valence-electron chi connectivity index (χ4n) is 3.55. The maximum absolute atomic E-state index is 12.3. The number of fused-ring (bicyclic) bond motifs is 1. The molecule has 0 unspecified atom stereocenters. The van der Waals surface area contributed by atoms with Gasteiger partial charge in [-0.15, -0.1) is 12.4 Å². The Morgan fingerprint density at radius 1 is 1.10 bits per heavy atom. The Morgan fingerprint density at radius 2 is 1.90 bits per heavy atom. The van der Waals surface area contributed by atoms with Crippen molar-refractivity contribution in [3.05, 3.63) is 87.2 Å². The van der Waals surface area contributed by atoms with Gasteiger partial charge in [-0.1, -0.05) is 25.1 Å². The molecule has 0 aliphatic heterocycles. The van der Waals surface area contributed by atoms with Crippen LogP contribution in [0.3, 0.4) is 0 Å². The van der Waals surface area contributed by atoms with Gasteiger partial charge in [0.05, 0.1) is 11.4 Å². The quantitative estimate of drug-likeness (QED) is 0.477. The highest BCUT2D eigenvalue weighted by Gasteiger charge is 2.15. The van der Waals surface area contributed by atoms with Gasteiger partial charge < -0.3 is 4.74 Å². The maximum Gasteiger partial charge on any atom is 0.271 e. The molecule has 0 saturated carbocycles. The van der Waals surface area contributed by atoms with Crippen LogP contribution in [0.25, 0.3) is 11.3 Å². The molecule has 0 bridgehead atoms. The first kappa shape index (κ1) is 21.6. The molecular weight excluding hydrogens is 400 g/mol.